The molecule has 4 heteroatoms. The molecule has 3 rings (SSSR count). The molecule has 1 aromatic heterocycles. The molecule has 2 N–H and O–H groups in total. The first-order valence-electron chi connectivity index (χ1n) is 6.84. The molecule has 1 aromatic rings. The molecule has 0 unspecified atom stereocenters. The summed E-state index contributed by atoms with van der Waals surface area (Å²) in [6, 6.07) is 0. The minimum Gasteiger partial charge on any atom is -0.339 e. The minimum atomic E-state index is 0.228. The predicted octanol–water partition coefficient (Wildman–Crippen LogP) is 2.40. The summed E-state index contributed by atoms with van der Waals surface area (Å²) in [5.74, 6) is 2.30. The van der Waals surface area contributed by atoms with Crippen molar-refractivity contribution < 1.29 is 4.52 Å². The average molecular weight is 235 g/mol. The Kier molecular flexibility index (Phi) is 2.90. The molecule has 0 radical (unpaired) electrons. The lowest BCUT2D eigenvalue weighted by atomic mass is 9.72. The second kappa shape index (κ2) is 4.41. The third-order valence-electron chi connectivity index (χ3n) is 4.30. The summed E-state index contributed by atoms with van der Waals surface area (Å²) in [5, 5.41) is 4.08. The van der Waals surface area contributed by atoms with Crippen molar-refractivity contribution in [1.82, 2.24) is 10.1 Å². The first-order valence-corrected chi connectivity index (χ1v) is 6.84. The van der Waals surface area contributed by atoms with Crippen molar-refractivity contribution in [3.05, 3.63) is 11.7 Å². The molecule has 2 fully saturated rings. The van der Waals surface area contributed by atoms with Gasteiger partial charge in [0.25, 0.3) is 0 Å². The standard InChI is InChI=1S/C13H21N3O/c14-9-13(6-2-1-3-7-13)8-11-15-12(16-17-11)10-4-5-10/h10H,1-9,14H2. The summed E-state index contributed by atoms with van der Waals surface area (Å²) >= 11 is 0. The van der Waals surface area contributed by atoms with Crippen LogP contribution < -0.4 is 5.73 Å². The molecule has 0 amide bonds. The molecule has 0 atom stereocenters. The van der Waals surface area contributed by atoms with E-state index in [-0.39, 0.29) is 5.41 Å². The van der Waals surface area contributed by atoms with Crippen molar-refractivity contribution in [2.75, 3.05) is 6.54 Å². The van der Waals surface area contributed by atoms with Gasteiger partial charge in [-0.25, -0.2) is 0 Å². The van der Waals surface area contributed by atoms with Crippen LogP contribution in [-0.4, -0.2) is 16.7 Å². The van der Waals surface area contributed by atoms with Gasteiger partial charge in [0.1, 0.15) is 0 Å². The van der Waals surface area contributed by atoms with E-state index >= 15 is 0 Å². The van der Waals surface area contributed by atoms with Gasteiger partial charge in [0.2, 0.25) is 5.89 Å². The molecule has 2 aliphatic rings. The van der Waals surface area contributed by atoms with Gasteiger partial charge in [-0.3, -0.25) is 0 Å². The molecule has 0 aromatic carbocycles. The number of hydrogen-bond acceptors (Lipinski definition) is 4. The second-order valence-corrected chi connectivity index (χ2v) is 5.76. The summed E-state index contributed by atoms with van der Waals surface area (Å²) in [6.45, 7) is 0.744. The van der Waals surface area contributed by atoms with Gasteiger partial charge in [-0.15, -0.1) is 0 Å². The highest BCUT2D eigenvalue weighted by Crippen LogP contribution is 2.40. The summed E-state index contributed by atoms with van der Waals surface area (Å²) in [6.07, 6.45) is 9.68. The van der Waals surface area contributed by atoms with Crippen LogP contribution in [0.5, 0.6) is 0 Å². The molecule has 2 saturated carbocycles. The molecule has 1 heterocycles. The maximum atomic E-state index is 5.98. The van der Waals surface area contributed by atoms with Gasteiger partial charge < -0.3 is 10.3 Å². The molecule has 0 bridgehead atoms. The zero-order valence-electron chi connectivity index (χ0n) is 10.3. The third kappa shape index (κ3) is 2.37. The van der Waals surface area contributed by atoms with E-state index < -0.39 is 0 Å². The van der Waals surface area contributed by atoms with E-state index in [1.54, 1.807) is 0 Å². The Balaban J connectivity index is 1.70. The molecule has 17 heavy (non-hydrogen) atoms. The van der Waals surface area contributed by atoms with Crippen LogP contribution in [-0.2, 0) is 6.42 Å². The first kappa shape index (κ1) is 11.2. The van der Waals surface area contributed by atoms with Gasteiger partial charge >= 0.3 is 0 Å². The van der Waals surface area contributed by atoms with Crippen LogP contribution in [0.3, 0.4) is 0 Å². The van der Waals surface area contributed by atoms with Crippen LogP contribution in [0.25, 0.3) is 0 Å². The number of nitrogens with zero attached hydrogens (tertiary/aromatic N) is 2. The van der Waals surface area contributed by atoms with E-state index in [4.69, 9.17) is 10.3 Å². The van der Waals surface area contributed by atoms with E-state index in [9.17, 15) is 0 Å². The van der Waals surface area contributed by atoms with Crippen molar-refractivity contribution in [2.45, 2.75) is 57.3 Å². The SMILES string of the molecule is NCC1(Cc2nc(C3CC3)no2)CCCCC1. The zero-order valence-corrected chi connectivity index (χ0v) is 10.3. The molecule has 0 aliphatic heterocycles. The van der Waals surface area contributed by atoms with Crippen LogP contribution in [0.15, 0.2) is 4.52 Å². The van der Waals surface area contributed by atoms with Gasteiger partial charge in [0.15, 0.2) is 5.82 Å². The highest BCUT2D eigenvalue weighted by atomic mass is 16.5. The largest absolute Gasteiger partial charge is 0.339 e. The van der Waals surface area contributed by atoms with Crippen LogP contribution in [0.1, 0.15) is 62.6 Å². The van der Waals surface area contributed by atoms with E-state index in [1.807, 2.05) is 0 Å². The van der Waals surface area contributed by atoms with Crippen LogP contribution in [0, 0.1) is 5.41 Å². The summed E-state index contributed by atoms with van der Waals surface area (Å²) in [4.78, 5) is 4.53. The number of hydrogen-bond donors (Lipinski definition) is 1. The van der Waals surface area contributed by atoms with Crippen molar-refractivity contribution in [1.29, 1.82) is 0 Å². The van der Waals surface area contributed by atoms with Crippen molar-refractivity contribution in [3.63, 3.8) is 0 Å². The number of rotatable bonds is 4. The molecular weight excluding hydrogens is 214 g/mol. The number of nitrogens with two attached hydrogens (primary N) is 1. The summed E-state index contributed by atoms with van der Waals surface area (Å²) in [5.41, 5.74) is 6.20. The van der Waals surface area contributed by atoms with Crippen LogP contribution >= 0.6 is 0 Å². The van der Waals surface area contributed by atoms with E-state index in [0.29, 0.717) is 5.92 Å². The lowest BCUT2D eigenvalue weighted by Gasteiger charge is -2.34. The third-order valence-corrected chi connectivity index (χ3v) is 4.30. The summed E-state index contributed by atoms with van der Waals surface area (Å²) in [7, 11) is 0. The Bertz CT molecular complexity index is 378. The van der Waals surface area contributed by atoms with Gasteiger partial charge in [-0.05, 0) is 37.6 Å². The van der Waals surface area contributed by atoms with E-state index in [0.717, 1.165) is 24.7 Å². The predicted molar refractivity (Wildman–Crippen MR) is 64.5 cm³/mol. The quantitative estimate of drug-likeness (QED) is 0.870. The first-order chi connectivity index (χ1) is 8.31. The molecule has 0 saturated heterocycles. The smallest absolute Gasteiger partial charge is 0.227 e. The van der Waals surface area contributed by atoms with E-state index in [1.165, 1.54) is 44.9 Å². The molecule has 4 nitrogen and oxygen atoms in total. The number of aromatic nitrogens is 2. The van der Waals surface area contributed by atoms with Crippen molar-refractivity contribution in [3.8, 4) is 0 Å². The summed E-state index contributed by atoms with van der Waals surface area (Å²) < 4.78 is 5.38. The fourth-order valence-corrected chi connectivity index (χ4v) is 2.92. The molecular formula is C13H21N3O. The van der Waals surface area contributed by atoms with Gasteiger partial charge in [0.05, 0.1) is 0 Å². The maximum Gasteiger partial charge on any atom is 0.227 e. The van der Waals surface area contributed by atoms with Crippen LogP contribution in [0.2, 0.25) is 0 Å². The zero-order chi connectivity index (χ0) is 11.7. The maximum absolute atomic E-state index is 5.98. The Hall–Kier alpha value is -0.900. The van der Waals surface area contributed by atoms with Crippen molar-refractivity contribution >= 4 is 0 Å². The highest BCUT2D eigenvalue weighted by Gasteiger charge is 2.34. The van der Waals surface area contributed by atoms with Crippen LogP contribution in [0.4, 0.5) is 0 Å². The Morgan fingerprint density at radius 3 is 2.65 bits per heavy atom. The fourth-order valence-electron chi connectivity index (χ4n) is 2.92. The molecule has 94 valence electrons. The average Bonchev–Trinajstić information content (AvgIpc) is 3.12. The molecule has 2 aliphatic carbocycles. The monoisotopic (exact) mass is 235 g/mol. The topological polar surface area (TPSA) is 64.9 Å². The van der Waals surface area contributed by atoms with E-state index in [2.05, 4.69) is 10.1 Å². The van der Waals surface area contributed by atoms with Gasteiger partial charge in [-0.2, -0.15) is 4.98 Å². The van der Waals surface area contributed by atoms with Gasteiger partial charge in [-0.1, -0.05) is 24.4 Å². The lowest BCUT2D eigenvalue weighted by Crippen LogP contribution is -2.35. The Morgan fingerprint density at radius 2 is 2.00 bits per heavy atom. The Labute approximate surface area is 102 Å². The molecule has 0 spiro atoms. The second-order valence-electron chi connectivity index (χ2n) is 5.76. The van der Waals surface area contributed by atoms with Crippen molar-refractivity contribution in [2.24, 2.45) is 11.1 Å². The highest BCUT2D eigenvalue weighted by molar-refractivity contribution is 5.04. The van der Waals surface area contributed by atoms with Gasteiger partial charge in [0, 0.05) is 12.3 Å². The Morgan fingerprint density at radius 1 is 1.24 bits per heavy atom. The minimum absolute atomic E-state index is 0.228. The normalized spacial score (nSPS) is 23.8. The fraction of sp³-hybridized carbons (Fsp3) is 0.846. The lowest BCUT2D eigenvalue weighted by molar-refractivity contribution is 0.177.